The Kier molecular flexibility index (Phi) is 7.29. The van der Waals surface area contributed by atoms with Crippen molar-refractivity contribution in [3.63, 3.8) is 0 Å². The molecule has 30 heavy (non-hydrogen) atoms. The summed E-state index contributed by atoms with van der Waals surface area (Å²) in [6.45, 7) is 2.09. The Morgan fingerprint density at radius 3 is 2.50 bits per heavy atom. The number of amides is 1. The van der Waals surface area contributed by atoms with E-state index in [9.17, 15) is 9.59 Å². The third-order valence-corrected chi connectivity index (χ3v) is 4.96. The maximum absolute atomic E-state index is 12.7. The quantitative estimate of drug-likeness (QED) is 0.659. The topological polar surface area (TPSA) is 94.9 Å². The van der Waals surface area contributed by atoms with Crippen LogP contribution < -0.4 is 25.2 Å². The third-order valence-electron chi connectivity index (χ3n) is 4.96. The van der Waals surface area contributed by atoms with E-state index < -0.39 is 0 Å². The van der Waals surface area contributed by atoms with Crippen LogP contribution >= 0.6 is 0 Å². The Labute approximate surface area is 175 Å². The molecule has 9 nitrogen and oxygen atoms in total. The Morgan fingerprint density at radius 1 is 1.10 bits per heavy atom. The first-order chi connectivity index (χ1) is 14.5. The highest BCUT2D eigenvalue weighted by Gasteiger charge is 2.20. The number of nitrogens with zero attached hydrogens (tertiary/aromatic N) is 3. The van der Waals surface area contributed by atoms with E-state index in [-0.39, 0.29) is 24.6 Å². The molecule has 1 N–H and O–H groups in total. The SMILES string of the molecule is COCc1cc(=O)n(CC(=O)NCc2ccc(OC)c(OC)c2)c(N2CCCC2)n1. The van der Waals surface area contributed by atoms with Crippen molar-refractivity contribution in [2.24, 2.45) is 0 Å². The van der Waals surface area contributed by atoms with Crippen LogP contribution in [-0.2, 0) is 29.2 Å². The monoisotopic (exact) mass is 416 g/mol. The van der Waals surface area contributed by atoms with Gasteiger partial charge in [-0.1, -0.05) is 6.07 Å². The van der Waals surface area contributed by atoms with Gasteiger partial charge in [-0.15, -0.1) is 0 Å². The normalized spacial score (nSPS) is 13.4. The minimum atomic E-state index is -0.270. The van der Waals surface area contributed by atoms with Gasteiger partial charge in [-0.3, -0.25) is 14.2 Å². The van der Waals surface area contributed by atoms with Crippen LogP contribution in [0.2, 0.25) is 0 Å². The first-order valence-electron chi connectivity index (χ1n) is 9.88. The van der Waals surface area contributed by atoms with Gasteiger partial charge < -0.3 is 24.4 Å². The first-order valence-corrected chi connectivity index (χ1v) is 9.88. The van der Waals surface area contributed by atoms with E-state index in [1.165, 1.54) is 10.6 Å². The van der Waals surface area contributed by atoms with Crippen LogP contribution in [0, 0.1) is 0 Å². The summed E-state index contributed by atoms with van der Waals surface area (Å²) in [5.41, 5.74) is 1.16. The van der Waals surface area contributed by atoms with Crippen molar-refractivity contribution < 1.29 is 19.0 Å². The van der Waals surface area contributed by atoms with E-state index in [0.29, 0.717) is 29.7 Å². The van der Waals surface area contributed by atoms with E-state index >= 15 is 0 Å². The van der Waals surface area contributed by atoms with Gasteiger partial charge in [0.1, 0.15) is 6.54 Å². The number of ether oxygens (including phenoxy) is 3. The minimum Gasteiger partial charge on any atom is -0.493 e. The highest BCUT2D eigenvalue weighted by molar-refractivity contribution is 5.76. The number of hydrogen-bond donors (Lipinski definition) is 1. The van der Waals surface area contributed by atoms with Crippen LogP contribution in [0.1, 0.15) is 24.1 Å². The Hall–Kier alpha value is -3.07. The molecule has 1 aliphatic heterocycles. The maximum atomic E-state index is 12.7. The molecular formula is C21H28N4O5. The van der Waals surface area contributed by atoms with Crippen molar-refractivity contribution >= 4 is 11.9 Å². The number of carbonyl (C=O) groups excluding carboxylic acids is 1. The summed E-state index contributed by atoms with van der Waals surface area (Å²) in [4.78, 5) is 31.9. The van der Waals surface area contributed by atoms with Gasteiger partial charge >= 0.3 is 0 Å². The molecule has 162 valence electrons. The standard InChI is InChI=1S/C21H28N4O5/c1-28-14-16-11-20(27)25(21(23-16)24-8-4-5-9-24)13-19(26)22-12-15-6-7-17(29-2)18(10-15)30-3/h6-7,10-11H,4-5,8-9,12-14H2,1-3H3,(H,22,26). The Morgan fingerprint density at radius 2 is 1.83 bits per heavy atom. The lowest BCUT2D eigenvalue weighted by molar-refractivity contribution is -0.121. The summed E-state index contributed by atoms with van der Waals surface area (Å²) in [7, 11) is 4.69. The molecule has 1 amide bonds. The molecule has 1 aliphatic rings. The fourth-order valence-electron chi connectivity index (χ4n) is 3.46. The number of hydrogen-bond acceptors (Lipinski definition) is 7. The predicted molar refractivity (Wildman–Crippen MR) is 112 cm³/mol. The molecule has 0 bridgehead atoms. The number of nitrogens with one attached hydrogen (secondary N) is 1. The average molecular weight is 416 g/mol. The summed E-state index contributed by atoms with van der Waals surface area (Å²) in [5.74, 6) is 1.47. The van der Waals surface area contributed by atoms with Gasteiger partial charge in [0.2, 0.25) is 11.9 Å². The largest absolute Gasteiger partial charge is 0.493 e. The van der Waals surface area contributed by atoms with Crippen molar-refractivity contribution in [3.05, 3.63) is 45.9 Å². The molecule has 2 heterocycles. The van der Waals surface area contributed by atoms with Crippen LogP contribution in [0.3, 0.4) is 0 Å². The summed E-state index contributed by atoms with van der Waals surface area (Å²) in [6, 6.07) is 6.87. The molecule has 1 aromatic heterocycles. The van der Waals surface area contributed by atoms with Crippen LogP contribution in [-0.4, -0.2) is 49.9 Å². The lowest BCUT2D eigenvalue weighted by Crippen LogP contribution is -2.36. The maximum Gasteiger partial charge on any atom is 0.255 e. The summed E-state index contributed by atoms with van der Waals surface area (Å²) in [5, 5.41) is 2.86. The second kappa shape index (κ2) is 10.1. The fraction of sp³-hybridized carbons (Fsp3) is 0.476. The zero-order valence-corrected chi connectivity index (χ0v) is 17.6. The van der Waals surface area contributed by atoms with Crippen LogP contribution in [0.4, 0.5) is 5.95 Å². The second-order valence-electron chi connectivity index (χ2n) is 7.07. The molecule has 0 aliphatic carbocycles. The van der Waals surface area contributed by atoms with Crippen molar-refractivity contribution in [1.29, 1.82) is 0 Å². The molecule has 1 aromatic carbocycles. The minimum absolute atomic E-state index is 0.0990. The van der Waals surface area contributed by atoms with Gasteiger partial charge in [0.05, 0.1) is 26.5 Å². The molecule has 0 radical (unpaired) electrons. The lowest BCUT2D eigenvalue weighted by Gasteiger charge is -2.21. The van der Waals surface area contributed by atoms with Gasteiger partial charge in [-0.25, -0.2) is 4.98 Å². The number of rotatable bonds is 9. The fourth-order valence-corrected chi connectivity index (χ4v) is 3.46. The van der Waals surface area contributed by atoms with Gasteiger partial charge in [-0.2, -0.15) is 0 Å². The van der Waals surface area contributed by atoms with Crippen molar-refractivity contribution in [2.45, 2.75) is 32.5 Å². The van der Waals surface area contributed by atoms with E-state index in [0.717, 1.165) is 31.5 Å². The summed E-state index contributed by atoms with van der Waals surface area (Å²) in [6.07, 6.45) is 2.08. The number of aromatic nitrogens is 2. The number of carbonyl (C=O) groups is 1. The van der Waals surface area contributed by atoms with Gasteiger partial charge in [-0.05, 0) is 30.5 Å². The molecular weight excluding hydrogens is 388 g/mol. The van der Waals surface area contributed by atoms with E-state index in [2.05, 4.69) is 10.3 Å². The second-order valence-corrected chi connectivity index (χ2v) is 7.07. The van der Waals surface area contributed by atoms with Crippen LogP contribution in [0.15, 0.2) is 29.1 Å². The van der Waals surface area contributed by atoms with Crippen LogP contribution in [0.25, 0.3) is 0 Å². The van der Waals surface area contributed by atoms with Crippen molar-refractivity contribution in [1.82, 2.24) is 14.9 Å². The highest BCUT2D eigenvalue weighted by atomic mass is 16.5. The van der Waals surface area contributed by atoms with E-state index in [1.807, 2.05) is 17.0 Å². The van der Waals surface area contributed by atoms with Gasteiger partial charge in [0.15, 0.2) is 11.5 Å². The third kappa shape index (κ3) is 5.10. The number of anilines is 1. The molecule has 0 spiro atoms. The van der Waals surface area contributed by atoms with Gasteiger partial charge in [0.25, 0.3) is 5.56 Å². The molecule has 0 unspecified atom stereocenters. The molecule has 0 atom stereocenters. The predicted octanol–water partition coefficient (Wildman–Crippen LogP) is 1.32. The molecule has 1 fully saturated rings. The molecule has 0 saturated carbocycles. The Balaban J connectivity index is 1.73. The molecule has 3 rings (SSSR count). The summed E-state index contributed by atoms with van der Waals surface area (Å²) >= 11 is 0. The van der Waals surface area contributed by atoms with Crippen molar-refractivity contribution in [3.8, 4) is 11.5 Å². The lowest BCUT2D eigenvalue weighted by atomic mass is 10.2. The zero-order valence-electron chi connectivity index (χ0n) is 17.6. The molecule has 2 aromatic rings. The van der Waals surface area contributed by atoms with Crippen molar-refractivity contribution in [2.75, 3.05) is 39.3 Å². The molecule has 9 heteroatoms. The Bertz CT molecular complexity index is 937. The number of methoxy groups -OCH3 is 3. The highest BCUT2D eigenvalue weighted by Crippen LogP contribution is 2.27. The molecule has 1 saturated heterocycles. The smallest absolute Gasteiger partial charge is 0.255 e. The summed E-state index contributed by atoms with van der Waals surface area (Å²) < 4.78 is 17.1. The number of benzene rings is 1. The van der Waals surface area contributed by atoms with E-state index in [4.69, 9.17) is 14.2 Å². The first kappa shape index (κ1) is 21.6. The average Bonchev–Trinajstić information content (AvgIpc) is 3.28. The zero-order chi connectivity index (χ0) is 21.5. The van der Waals surface area contributed by atoms with Crippen LogP contribution in [0.5, 0.6) is 11.5 Å². The van der Waals surface area contributed by atoms with Gasteiger partial charge in [0, 0.05) is 32.8 Å². The van der Waals surface area contributed by atoms with E-state index in [1.54, 1.807) is 27.4 Å².